The molecule has 1 aliphatic rings. The summed E-state index contributed by atoms with van der Waals surface area (Å²) in [6.07, 6.45) is 5.06. The molecule has 128 valence electrons. The van der Waals surface area contributed by atoms with Crippen LogP contribution in [0, 0.1) is 6.92 Å². The van der Waals surface area contributed by atoms with E-state index in [1.807, 2.05) is 43.5 Å². The van der Waals surface area contributed by atoms with Gasteiger partial charge >= 0.3 is 0 Å². The molecule has 0 atom stereocenters. The van der Waals surface area contributed by atoms with Crippen LogP contribution in [0.25, 0.3) is 0 Å². The average molecular weight is 328 g/mol. The first-order chi connectivity index (χ1) is 11.7. The van der Waals surface area contributed by atoms with E-state index in [2.05, 4.69) is 15.7 Å². The summed E-state index contributed by atoms with van der Waals surface area (Å²) in [4.78, 5) is 12.8. The molecule has 0 saturated carbocycles. The van der Waals surface area contributed by atoms with Crippen LogP contribution in [0.5, 0.6) is 5.75 Å². The van der Waals surface area contributed by atoms with Crippen molar-refractivity contribution in [2.24, 2.45) is 0 Å². The second-order valence-electron chi connectivity index (χ2n) is 6.15. The molecule has 1 saturated heterocycles. The van der Waals surface area contributed by atoms with Crippen LogP contribution in [0.3, 0.4) is 0 Å². The summed E-state index contributed by atoms with van der Waals surface area (Å²) >= 11 is 0. The summed E-state index contributed by atoms with van der Waals surface area (Å²) < 4.78 is 7.47. The zero-order valence-corrected chi connectivity index (χ0v) is 14.0. The highest BCUT2D eigenvalue weighted by Crippen LogP contribution is 2.27. The highest BCUT2D eigenvalue weighted by Gasteiger charge is 2.41. The van der Waals surface area contributed by atoms with Gasteiger partial charge in [-0.05, 0) is 51.1 Å². The Labute approximate surface area is 142 Å². The molecule has 24 heavy (non-hydrogen) atoms. The zero-order chi connectivity index (χ0) is 16.8. The van der Waals surface area contributed by atoms with Crippen molar-refractivity contribution in [3.63, 3.8) is 0 Å². The van der Waals surface area contributed by atoms with Crippen molar-refractivity contribution in [2.45, 2.75) is 25.3 Å². The van der Waals surface area contributed by atoms with E-state index in [-0.39, 0.29) is 5.91 Å². The molecule has 2 N–H and O–H groups in total. The molecule has 1 amide bonds. The Kier molecular flexibility index (Phi) is 5.15. The summed E-state index contributed by atoms with van der Waals surface area (Å²) in [5, 5.41) is 10.6. The first kappa shape index (κ1) is 16.5. The fourth-order valence-electron chi connectivity index (χ4n) is 3.06. The van der Waals surface area contributed by atoms with E-state index in [9.17, 15) is 4.79 Å². The lowest BCUT2D eigenvalue weighted by atomic mass is 9.87. The predicted octanol–water partition coefficient (Wildman–Crippen LogP) is 1.47. The Morgan fingerprint density at radius 1 is 1.33 bits per heavy atom. The van der Waals surface area contributed by atoms with Gasteiger partial charge in [0.15, 0.2) is 0 Å². The molecule has 0 radical (unpaired) electrons. The van der Waals surface area contributed by atoms with Crippen LogP contribution < -0.4 is 15.4 Å². The largest absolute Gasteiger partial charge is 0.492 e. The van der Waals surface area contributed by atoms with Crippen LogP contribution in [0.4, 0.5) is 0 Å². The Morgan fingerprint density at radius 3 is 2.75 bits per heavy atom. The number of nitrogens with zero attached hydrogens (tertiary/aromatic N) is 2. The molecule has 1 aliphatic heterocycles. The second-order valence-corrected chi connectivity index (χ2v) is 6.15. The number of carbonyl (C=O) groups is 1. The van der Waals surface area contributed by atoms with E-state index in [4.69, 9.17) is 4.74 Å². The van der Waals surface area contributed by atoms with Gasteiger partial charge in [0.1, 0.15) is 17.9 Å². The third-order valence-electron chi connectivity index (χ3n) is 4.47. The minimum atomic E-state index is -0.599. The van der Waals surface area contributed by atoms with Crippen molar-refractivity contribution in [2.75, 3.05) is 26.2 Å². The SMILES string of the molecule is Cc1ccc(OCCNC(=O)C2(n3cccn3)CCNCC2)cc1. The lowest BCUT2D eigenvalue weighted by Crippen LogP contribution is -2.55. The number of aryl methyl sites for hydroxylation is 1. The molecule has 1 aromatic heterocycles. The van der Waals surface area contributed by atoms with Crippen LogP contribution in [-0.2, 0) is 10.3 Å². The number of amides is 1. The smallest absolute Gasteiger partial charge is 0.248 e. The fraction of sp³-hybridized carbons (Fsp3) is 0.444. The lowest BCUT2D eigenvalue weighted by molar-refractivity contribution is -0.132. The predicted molar refractivity (Wildman–Crippen MR) is 92.0 cm³/mol. The summed E-state index contributed by atoms with van der Waals surface area (Å²) in [5.41, 5.74) is 0.598. The zero-order valence-electron chi connectivity index (χ0n) is 14.0. The molecular formula is C18H24N4O2. The molecule has 2 aromatic rings. The summed E-state index contributed by atoms with van der Waals surface area (Å²) in [5.74, 6) is 0.832. The van der Waals surface area contributed by atoms with Gasteiger partial charge in [-0.25, -0.2) is 0 Å². The molecule has 3 rings (SSSR count). The van der Waals surface area contributed by atoms with Crippen molar-refractivity contribution in [3.8, 4) is 5.75 Å². The van der Waals surface area contributed by atoms with E-state index < -0.39 is 5.54 Å². The average Bonchev–Trinajstić information content (AvgIpc) is 3.16. The van der Waals surface area contributed by atoms with Crippen LogP contribution in [0.2, 0.25) is 0 Å². The standard InChI is InChI=1S/C18H24N4O2/c1-15-3-5-16(6-4-15)24-14-12-20-17(23)18(7-10-19-11-8-18)22-13-2-9-21-22/h2-6,9,13,19H,7-8,10-12,14H2,1H3,(H,20,23). The van der Waals surface area contributed by atoms with Gasteiger partial charge in [-0.15, -0.1) is 0 Å². The number of rotatable bonds is 6. The Balaban J connectivity index is 1.55. The minimum absolute atomic E-state index is 0.0141. The van der Waals surface area contributed by atoms with Crippen LogP contribution >= 0.6 is 0 Å². The van der Waals surface area contributed by atoms with E-state index in [1.165, 1.54) is 5.56 Å². The van der Waals surface area contributed by atoms with Gasteiger partial charge in [0.05, 0.1) is 6.54 Å². The van der Waals surface area contributed by atoms with Crippen LogP contribution in [0.15, 0.2) is 42.7 Å². The summed E-state index contributed by atoms with van der Waals surface area (Å²) in [6, 6.07) is 9.76. The Bertz CT molecular complexity index is 646. The Hall–Kier alpha value is -2.34. The van der Waals surface area contributed by atoms with Gasteiger partial charge in [0.2, 0.25) is 5.91 Å². The quantitative estimate of drug-likeness (QED) is 0.788. The number of nitrogens with one attached hydrogen (secondary N) is 2. The monoisotopic (exact) mass is 328 g/mol. The first-order valence-electron chi connectivity index (χ1n) is 8.39. The van der Waals surface area contributed by atoms with Crippen molar-refractivity contribution < 1.29 is 9.53 Å². The highest BCUT2D eigenvalue weighted by molar-refractivity contribution is 5.84. The van der Waals surface area contributed by atoms with Gasteiger partial charge in [0, 0.05) is 12.4 Å². The molecule has 1 aromatic carbocycles. The number of aromatic nitrogens is 2. The molecule has 1 fully saturated rings. The maximum Gasteiger partial charge on any atom is 0.248 e. The van der Waals surface area contributed by atoms with Crippen molar-refractivity contribution in [1.29, 1.82) is 0 Å². The molecule has 0 spiro atoms. The first-order valence-corrected chi connectivity index (χ1v) is 8.39. The van der Waals surface area contributed by atoms with Gasteiger partial charge in [-0.1, -0.05) is 17.7 Å². The van der Waals surface area contributed by atoms with E-state index in [1.54, 1.807) is 10.9 Å². The maximum atomic E-state index is 12.8. The molecule has 0 unspecified atom stereocenters. The molecule has 0 bridgehead atoms. The molecular weight excluding hydrogens is 304 g/mol. The third kappa shape index (κ3) is 3.59. The maximum absolute atomic E-state index is 12.8. The Morgan fingerprint density at radius 2 is 2.08 bits per heavy atom. The number of hydrogen-bond acceptors (Lipinski definition) is 4. The summed E-state index contributed by atoms with van der Waals surface area (Å²) in [6.45, 7) is 4.59. The van der Waals surface area contributed by atoms with Gasteiger partial charge in [-0.2, -0.15) is 5.10 Å². The number of hydrogen-bond donors (Lipinski definition) is 2. The number of benzene rings is 1. The number of carbonyl (C=O) groups excluding carboxylic acids is 1. The van der Waals surface area contributed by atoms with Gasteiger partial charge in [-0.3, -0.25) is 9.48 Å². The highest BCUT2D eigenvalue weighted by atomic mass is 16.5. The molecule has 0 aliphatic carbocycles. The normalized spacial score (nSPS) is 16.5. The van der Waals surface area contributed by atoms with Gasteiger partial charge < -0.3 is 15.4 Å². The fourth-order valence-corrected chi connectivity index (χ4v) is 3.06. The second kappa shape index (κ2) is 7.49. The van der Waals surface area contributed by atoms with E-state index in [0.29, 0.717) is 13.2 Å². The van der Waals surface area contributed by atoms with Crippen molar-refractivity contribution in [3.05, 3.63) is 48.3 Å². The van der Waals surface area contributed by atoms with Crippen LogP contribution in [-0.4, -0.2) is 41.9 Å². The molecule has 2 heterocycles. The van der Waals surface area contributed by atoms with Crippen LogP contribution in [0.1, 0.15) is 18.4 Å². The van der Waals surface area contributed by atoms with E-state index in [0.717, 1.165) is 31.7 Å². The minimum Gasteiger partial charge on any atom is -0.492 e. The van der Waals surface area contributed by atoms with Gasteiger partial charge in [0.25, 0.3) is 0 Å². The molecule has 6 heteroatoms. The third-order valence-corrected chi connectivity index (χ3v) is 4.47. The number of ether oxygens (including phenoxy) is 1. The topological polar surface area (TPSA) is 68.2 Å². The lowest BCUT2D eigenvalue weighted by Gasteiger charge is -2.36. The van der Waals surface area contributed by atoms with E-state index >= 15 is 0 Å². The summed E-state index contributed by atoms with van der Waals surface area (Å²) in [7, 11) is 0. The van der Waals surface area contributed by atoms with Crippen molar-refractivity contribution >= 4 is 5.91 Å². The van der Waals surface area contributed by atoms with Crippen molar-refractivity contribution in [1.82, 2.24) is 20.4 Å². The number of piperidine rings is 1. The molecule has 6 nitrogen and oxygen atoms in total.